The van der Waals surface area contributed by atoms with Gasteiger partial charge in [0, 0.05) is 34.6 Å². The average Bonchev–Trinajstić information content (AvgIpc) is 3.90. The molecule has 4 aromatic rings. The molecule has 0 bridgehead atoms. The van der Waals surface area contributed by atoms with Gasteiger partial charge in [-0.1, -0.05) is 175 Å². The molecule has 0 unspecified atom stereocenters. The van der Waals surface area contributed by atoms with E-state index in [0.717, 1.165) is 84.3 Å². The summed E-state index contributed by atoms with van der Waals surface area (Å²) >= 11 is 11.5. The van der Waals surface area contributed by atoms with E-state index in [1.807, 2.05) is 58.0 Å². The van der Waals surface area contributed by atoms with Crippen LogP contribution >= 0.6 is 43.5 Å². The van der Waals surface area contributed by atoms with E-state index in [9.17, 15) is 24.3 Å². The Morgan fingerprint density at radius 1 is 0.556 bits per heavy atom. The highest BCUT2D eigenvalue weighted by Crippen LogP contribution is 2.37. The Balaban J connectivity index is 0.000000452. The second-order valence-electron chi connectivity index (χ2n) is 19.8. The van der Waals surface area contributed by atoms with Crippen LogP contribution in [0.1, 0.15) is 145 Å². The lowest BCUT2D eigenvalue weighted by molar-refractivity contribution is -0.154. The average molecular weight is 1140 g/mol. The van der Waals surface area contributed by atoms with Gasteiger partial charge in [-0.15, -0.1) is 0 Å². The Morgan fingerprint density at radius 2 is 0.875 bits per heavy atom. The highest BCUT2D eigenvalue weighted by molar-refractivity contribution is 9.09. The number of aryl methyl sites for hydroxylation is 8. The lowest BCUT2D eigenvalue weighted by Gasteiger charge is -2.29. The van der Waals surface area contributed by atoms with Crippen LogP contribution in [0, 0.1) is 55.4 Å². The van der Waals surface area contributed by atoms with Crippen LogP contribution in [0.15, 0.2) is 97.1 Å². The Morgan fingerprint density at radius 3 is 1.18 bits per heavy atom. The minimum Gasteiger partial charge on any atom is -0.481 e. The van der Waals surface area contributed by atoms with Crippen LogP contribution in [0.2, 0.25) is 0 Å². The molecule has 0 aromatic heterocycles. The number of hydrogen-bond donors (Lipinski definition) is 2. The maximum absolute atomic E-state index is 11.9. The molecular weight excluding hydrogens is 1060 g/mol. The number of unbranched alkanes of at least 4 members (excludes halogenated alkanes) is 1. The van der Waals surface area contributed by atoms with Crippen molar-refractivity contribution in [3.8, 4) is 0 Å². The van der Waals surface area contributed by atoms with Gasteiger partial charge in [-0.2, -0.15) is 0 Å². The number of allylic oxidation sites excluding steroid dienone is 1. The van der Waals surface area contributed by atoms with Gasteiger partial charge in [-0.05, 0) is 154 Å². The summed E-state index contributed by atoms with van der Waals surface area (Å²) < 4.78 is 10.4. The maximum atomic E-state index is 11.9. The molecule has 396 valence electrons. The van der Waals surface area contributed by atoms with Crippen molar-refractivity contribution in [2.45, 2.75) is 170 Å². The molecule has 2 saturated carbocycles. The molecule has 0 aliphatic heterocycles. The molecule has 4 aromatic carbocycles. The number of methoxy groups -OCH3 is 1. The normalized spacial score (nSPS) is 13.5. The van der Waals surface area contributed by atoms with Gasteiger partial charge in [0.2, 0.25) is 5.24 Å². The van der Waals surface area contributed by atoms with Crippen molar-refractivity contribution in [3.05, 3.63) is 164 Å². The van der Waals surface area contributed by atoms with Crippen LogP contribution in [-0.4, -0.2) is 62.3 Å². The fourth-order valence-corrected chi connectivity index (χ4v) is 9.66. The van der Waals surface area contributed by atoms with Gasteiger partial charge in [0.25, 0.3) is 0 Å². The quantitative estimate of drug-likeness (QED) is 0.0420. The molecule has 0 atom stereocenters. The number of carbonyl (C=O) groups is 4. The third-order valence-electron chi connectivity index (χ3n) is 11.7. The van der Waals surface area contributed by atoms with Crippen LogP contribution in [0.3, 0.4) is 0 Å². The summed E-state index contributed by atoms with van der Waals surface area (Å²) in [4.78, 5) is 43.1. The number of alkyl halides is 2. The topological polar surface area (TPSA) is 127 Å². The predicted molar refractivity (Wildman–Crippen MR) is 306 cm³/mol. The minimum atomic E-state index is -0.778. The van der Waals surface area contributed by atoms with E-state index >= 15 is 0 Å². The number of carboxylic acids is 1. The molecule has 72 heavy (non-hydrogen) atoms. The second kappa shape index (κ2) is 34.2. The molecule has 2 fully saturated rings. The van der Waals surface area contributed by atoms with Crippen molar-refractivity contribution in [3.63, 3.8) is 0 Å². The summed E-state index contributed by atoms with van der Waals surface area (Å²) in [6, 6.07) is 25.1. The zero-order chi connectivity index (χ0) is 54.6. The van der Waals surface area contributed by atoms with E-state index in [0.29, 0.717) is 17.6 Å². The van der Waals surface area contributed by atoms with E-state index in [4.69, 9.17) is 21.4 Å². The zero-order valence-corrected chi connectivity index (χ0v) is 49.1. The van der Waals surface area contributed by atoms with Crippen molar-refractivity contribution in [1.82, 2.24) is 0 Å². The molecule has 2 N–H and O–H groups in total. The first-order valence-corrected chi connectivity index (χ1v) is 27.5. The Kier molecular flexibility index (Phi) is 31.2. The predicted octanol–water partition coefficient (Wildman–Crippen LogP) is 15.3. The number of ether oxygens (including phenoxy) is 2. The van der Waals surface area contributed by atoms with E-state index < -0.39 is 16.8 Å². The largest absolute Gasteiger partial charge is 0.481 e. The highest BCUT2D eigenvalue weighted by atomic mass is 79.9. The molecule has 8 nitrogen and oxygen atoms in total. The molecule has 6 rings (SSSR count). The Labute approximate surface area is 454 Å². The Hall–Kier alpha value is -4.35. The SMILES string of the molecule is BrCCCCBr.C=C(C)C(=O)Cl.C=C(C)C(=O)OC1(Cc2cc(C)cc(C)c2)CCCC1.COC(=O)Cc1cc(C)cc(C)c1.Cc1cc(C)cc(CC(=O)O)c1.Cc1cc(C)cc(CC2(O)CCCC2)c1. The number of aliphatic carboxylic acids is 1. The summed E-state index contributed by atoms with van der Waals surface area (Å²) in [5, 5.41) is 20.7. The van der Waals surface area contributed by atoms with Gasteiger partial charge in [-0.3, -0.25) is 14.4 Å². The van der Waals surface area contributed by atoms with E-state index in [1.165, 1.54) is 77.3 Å². The number of carbonyl (C=O) groups excluding carboxylic acids is 3. The molecule has 0 heterocycles. The van der Waals surface area contributed by atoms with Gasteiger partial charge < -0.3 is 19.7 Å². The van der Waals surface area contributed by atoms with Gasteiger partial charge in [-0.25, -0.2) is 4.79 Å². The van der Waals surface area contributed by atoms with Crippen molar-refractivity contribution < 1.29 is 38.9 Å². The number of hydrogen-bond acceptors (Lipinski definition) is 7. The van der Waals surface area contributed by atoms with Crippen LogP contribution in [0.25, 0.3) is 0 Å². The number of benzene rings is 4. The van der Waals surface area contributed by atoms with E-state index in [2.05, 4.69) is 120 Å². The highest BCUT2D eigenvalue weighted by Gasteiger charge is 2.38. The lowest BCUT2D eigenvalue weighted by Crippen LogP contribution is -2.34. The minimum absolute atomic E-state index is 0.114. The fourth-order valence-electron chi connectivity index (χ4n) is 8.87. The van der Waals surface area contributed by atoms with Crippen molar-refractivity contribution in [1.29, 1.82) is 0 Å². The third kappa shape index (κ3) is 28.8. The monoisotopic (exact) mass is 1140 g/mol. The van der Waals surface area contributed by atoms with Crippen molar-refractivity contribution in [2.24, 2.45) is 0 Å². The Bertz CT molecular complexity index is 2280. The van der Waals surface area contributed by atoms with Crippen LogP contribution in [0.5, 0.6) is 0 Å². The number of esters is 2. The summed E-state index contributed by atoms with van der Waals surface area (Å²) in [5.74, 6) is -1.22. The van der Waals surface area contributed by atoms with Gasteiger partial charge in [0.1, 0.15) is 5.60 Å². The molecule has 0 saturated heterocycles. The molecule has 0 amide bonds. The molecular formula is C61H83Br2ClO8. The second-order valence-corrected chi connectivity index (χ2v) is 21.7. The molecule has 11 heteroatoms. The van der Waals surface area contributed by atoms with Gasteiger partial charge >= 0.3 is 17.9 Å². The summed E-state index contributed by atoms with van der Waals surface area (Å²) in [6.07, 6.45) is 13.2. The standard InChI is InChI=1S/C18H24O2.C14H20O.C11H14O2.C10H12O2.C4H8Br2.C4H5ClO/c1-13(2)17(19)20-18(7-5-6-8-18)12-16-10-14(3)9-15(4)11-16;1-11-7-12(2)9-13(8-11)10-14(15)5-3-4-6-14;1-8-4-9(2)6-10(5-8)7-11(12)13-3;1-7-3-8(2)5-9(4-7)6-10(11)12;5-3-1-2-4-6;1-3(2)4(5)6/h9-11H,1,5-8,12H2,2-4H3;7-9,15H,3-6,10H2,1-2H3;4-6H,7H2,1-3H3;3-5H,6H2,1-2H3,(H,11,12);1-4H2;1H2,2H3. The maximum Gasteiger partial charge on any atom is 0.333 e. The first kappa shape index (κ1) is 65.7. The summed E-state index contributed by atoms with van der Waals surface area (Å²) in [5.41, 5.74) is 14.3. The molecule has 2 aliphatic rings. The van der Waals surface area contributed by atoms with Crippen LogP contribution < -0.4 is 0 Å². The lowest BCUT2D eigenvalue weighted by atomic mass is 9.91. The molecule has 2 aliphatic carbocycles. The zero-order valence-electron chi connectivity index (χ0n) is 45.1. The van der Waals surface area contributed by atoms with Gasteiger partial charge in [0.05, 0.1) is 25.6 Å². The number of carboxylic acid groups (broad SMARTS) is 1. The van der Waals surface area contributed by atoms with Crippen LogP contribution in [-0.2, 0) is 54.3 Å². The van der Waals surface area contributed by atoms with E-state index in [1.54, 1.807) is 13.8 Å². The smallest absolute Gasteiger partial charge is 0.333 e. The third-order valence-corrected chi connectivity index (χ3v) is 13.1. The first-order valence-electron chi connectivity index (χ1n) is 24.9. The van der Waals surface area contributed by atoms with E-state index in [-0.39, 0.29) is 24.0 Å². The summed E-state index contributed by atoms with van der Waals surface area (Å²) in [6.45, 7) is 26.7. The van der Waals surface area contributed by atoms with Crippen molar-refractivity contribution >= 4 is 66.6 Å². The van der Waals surface area contributed by atoms with Crippen molar-refractivity contribution in [2.75, 3.05) is 17.8 Å². The number of rotatable bonds is 14. The number of aliphatic hydroxyl groups is 1. The van der Waals surface area contributed by atoms with Crippen LogP contribution in [0.4, 0.5) is 0 Å². The summed E-state index contributed by atoms with van der Waals surface area (Å²) in [7, 11) is 1.41. The first-order chi connectivity index (χ1) is 33.7. The molecule has 0 radical (unpaired) electrons. The number of halogens is 3. The molecule has 0 spiro atoms. The van der Waals surface area contributed by atoms with Gasteiger partial charge in [0.15, 0.2) is 0 Å². The fraction of sp³-hybridized carbons (Fsp3) is 0.475.